The molecular formula is C14H18F3N3O. The zero-order valence-electron chi connectivity index (χ0n) is 12.3. The van der Waals surface area contributed by atoms with Gasteiger partial charge in [0.25, 0.3) is 0 Å². The summed E-state index contributed by atoms with van der Waals surface area (Å²) in [6.07, 6.45) is -2.90. The predicted octanol–water partition coefficient (Wildman–Crippen LogP) is 3.05. The monoisotopic (exact) mass is 301 g/mol. The molecule has 2 rings (SSSR count). The summed E-state index contributed by atoms with van der Waals surface area (Å²) in [5, 5.41) is 0. The summed E-state index contributed by atoms with van der Waals surface area (Å²) in [5.74, 6) is -0.0113. The second kappa shape index (κ2) is 5.27. The molecule has 116 valence electrons. The molecule has 0 N–H and O–H groups in total. The fraction of sp³-hybridized carbons (Fsp3) is 0.643. The van der Waals surface area contributed by atoms with Gasteiger partial charge in [-0.15, -0.1) is 0 Å². The average Bonchev–Trinajstić information content (AvgIpc) is 2.79. The molecule has 0 saturated carbocycles. The van der Waals surface area contributed by atoms with Crippen LogP contribution in [0.2, 0.25) is 0 Å². The molecule has 2 heterocycles. The van der Waals surface area contributed by atoms with E-state index in [1.54, 1.807) is 18.7 Å². The Morgan fingerprint density at radius 1 is 1.43 bits per heavy atom. The van der Waals surface area contributed by atoms with E-state index in [4.69, 9.17) is 0 Å². The molecule has 1 aromatic rings. The molecule has 1 fully saturated rings. The van der Waals surface area contributed by atoms with Crippen LogP contribution in [0.3, 0.4) is 0 Å². The van der Waals surface area contributed by atoms with E-state index in [2.05, 4.69) is 9.97 Å². The second-order valence-corrected chi connectivity index (χ2v) is 5.49. The highest BCUT2D eigenvalue weighted by Gasteiger charge is 2.44. The first-order chi connectivity index (χ1) is 9.68. The van der Waals surface area contributed by atoms with E-state index in [0.717, 1.165) is 12.5 Å². The fourth-order valence-electron chi connectivity index (χ4n) is 2.74. The number of likely N-dealkylation sites (tertiary alicyclic amines) is 1. The normalized spacial score (nSPS) is 22.7. The summed E-state index contributed by atoms with van der Waals surface area (Å²) in [6, 6.07) is 0.924. The summed E-state index contributed by atoms with van der Waals surface area (Å²) >= 11 is 0. The van der Waals surface area contributed by atoms with Crippen LogP contribution in [0.1, 0.15) is 50.3 Å². The maximum Gasteiger partial charge on any atom is 0.433 e. The Balaban J connectivity index is 2.49. The molecular weight excluding hydrogens is 283 g/mol. The van der Waals surface area contributed by atoms with Crippen molar-refractivity contribution in [3.05, 3.63) is 23.3 Å². The fourth-order valence-corrected chi connectivity index (χ4v) is 2.74. The lowest BCUT2D eigenvalue weighted by Gasteiger charge is -2.34. The van der Waals surface area contributed by atoms with Gasteiger partial charge in [-0.2, -0.15) is 13.2 Å². The van der Waals surface area contributed by atoms with Crippen molar-refractivity contribution >= 4 is 5.91 Å². The van der Waals surface area contributed by atoms with E-state index in [9.17, 15) is 18.0 Å². The lowest BCUT2D eigenvalue weighted by molar-refractivity contribution is -0.141. The first-order valence-electron chi connectivity index (χ1n) is 6.92. The third kappa shape index (κ3) is 2.87. The summed E-state index contributed by atoms with van der Waals surface area (Å²) in [4.78, 5) is 21.5. The molecule has 4 nitrogen and oxygen atoms in total. The summed E-state index contributed by atoms with van der Waals surface area (Å²) in [7, 11) is 0. The smallest absolute Gasteiger partial charge is 0.330 e. The van der Waals surface area contributed by atoms with Gasteiger partial charge in [-0.3, -0.25) is 4.79 Å². The van der Waals surface area contributed by atoms with Crippen LogP contribution in [0, 0.1) is 6.92 Å². The van der Waals surface area contributed by atoms with Gasteiger partial charge >= 0.3 is 6.18 Å². The minimum Gasteiger partial charge on any atom is -0.330 e. The molecule has 1 aliphatic rings. The largest absolute Gasteiger partial charge is 0.433 e. The number of hydrogen-bond donors (Lipinski definition) is 0. The van der Waals surface area contributed by atoms with Gasteiger partial charge in [-0.1, -0.05) is 6.92 Å². The lowest BCUT2D eigenvalue weighted by Crippen LogP contribution is -2.44. The molecule has 0 unspecified atom stereocenters. The van der Waals surface area contributed by atoms with E-state index in [0.29, 0.717) is 19.4 Å². The van der Waals surface area contributed by atoms with Crippen LogP contribution in [0.5, 0.6) is 0 Å². The van der Waals surface area contributed by atoms with Gasteiger partial charge in [-0.25, -0.2) is 9.97 Å². The van der Waals surface area contributed by atoms with Crippen molar-refractivity contribution in [2.45, 2.75) is 51.7 Å². The van der Waals surface area contributed by atoms with Crippen LogP contribution in [0.4, 0.5) is 13.2 Å². The summed E-state index contributed by atoms with van der Waals surface area (Å²) in [6.45, 7) is 5.51. The Labute approximate surface area is 121 Å². The van der Waals surface area contributed by atoms with Crippen LogP contribution in [-0.4, -0.2) is 27.3 Å². The Kier molecular flexibility index (Phi) is 3.95. The number of nitrogens with zero attached hydrogens (tertiary/aromatic N) is 3. The van der Waals surface area contributed by atoms with Gasteiger partial charge in [0.2, 0.25) is 5.91 Å². The molecule has 1 aliphatic heterocycles. The van der Waals surface area contributed by atoms with Crippen molar-refractivity contribution in [3.63, 3.8) is 0 Å². The van der Waals surface area contributed by atoms with Gasteiger partial charge in [0.1, 0.15) is 5.69 Å². The van der Waals surface area contributed by atoms with Gasteiger partial charge in [0.05, 0.1) is 5.54 Å². The number of hydrogen-bond acceptors (Lipinski definition) is 3. The van der Waals surface area contributed by atoms with Crippen molar-refractivity contribution in [1.82, 2.24) is 14.9 Å². The van der Waals surface area contributed by atoms with Crippen molar-refractivity contribution < 1.29 is 18.0 Å². The van der Waals surface area contributed by atoms with Crippen LogP contribution in [0.25, 0.3) is 0 Å². The van der Waals surface area contributed by atoms with Crippen LogP contribution in [0.15, 0.2) is 6.07 Å². The predicted molar refractivity (Wildman–Crippen MR) is 70.4 cm³/mol. The first-order valence-corrected chi connectivity index (χ1v) is 6.92. The molecule has 0 spiro atoms. The van der Waals surface area contributed by atoms with Crippen LogP contribution in [-0.2, 0) is 16.5 Å². The number of rotatable bonds is 2. The van der Waals surface area contributed by atoms with Crippen molar-refractivity contribution in [2.75, 3.05) is 6.54 Å². The van der Waals surface area contributed by atoms with Gasteiger partial charge in [0.15, 0.2) is 5.82 Å². The molecule has 0 aliphatic carbocycles. The summed E-state index contributed by atoms with van der Waals surface area (Å²) in [5.41, 5.74) is -1.56. The third-order valence-electron chi connectivity index (χ3n) is 3.87. The molecule has 1 saturated heterocycles. The highest BCUT2D eigenvalue weighted by atomic mass is 19.4. The second-order valence-electron chi connectivity index (χ2n) is 5.49. The quantitative estimate of drug-likeness (QED) is 0.843. The number of aromatic nitrogens is 2. The number of carbonyl (C=O) groups excluding carboxylic acids is 1. The van der Waals surface area contributed by atoms with Crippen LogP contribution < -0.4 is 0 Å². The van der Waals surface area contributed by atoms with Crippen molar-refractivity contribution in [1.29, 1.82) is 0 Å². The van der Waals surface area contributed by atoms with E-state index in [1.807, 2.05) is 0 Å². The molecule has 0 aromatic carbocycles. The van der Waals surface area contributed by atoms with E-state index < -0.39 is 17.4 Å². The molecule has 1 atom stereocenters. The Morgan fingerprint density at radius 2 is 2.10 bits per heavy atom. The minimum atomic E-state index is -4.52. The third-order valence-corrected chi connectivity index (χ3v) is 3.87. The number of aryl methyl sites for hydroxylation is 1. The van der Waals surface area contributed by atoms with Crippen molar-refractivity contribution in [2.24, 2.45) is 0 Å². The van der Waals surface area contributed by atoms with Crippen molar-refractivity contribution in [3.8, 4) is 0 Å². The van der Waals surface area contributed by atoms with E-state index >= 15 is 0 Å². The van der Waals surface area contributed by atoms with E-state index in [-0.39, 0.29) is 17.4 Å². The molecule has 21 heavy (non-hydrogen) atoms. The SMILES string of the molecule is CCC(=O)N1CCC[C@]1(C)c1nc(C)cc(C(F)(F)F)n1. The van der Waals surface area contributed by atoms with Gasteiger partial charge in [-0.05, 0) is 32.8 Å². The zero-order valence-corrected chi connectivity index (χ0v) is 12.3. The maximum atomic E-state index is 12.9. The number of alkyl halides is 3. The molecule has 7 heteroatoms. The Bertz CT molecular complexity index is 559. The molecule has 0 bridgehead atoms. The lowest BCUT2D eigenvalue weighted by atomic mass is 9.97. The van der Waals surface area contributed by atoms with Gasteiger partial charge < -0.3 is 4.90 Å². The number of halogens is 3. The summed E-state index contributed by atoms with van der Waals surface area (Å²) < 4.78 is 38.7. The number of carbonyl (C=O) groups is 1. The Morgan fingerprint density at radius 3 is 2.67 bits per heavy atom. The zero-order chi connectivity index (χ0) is 15.8. The van der Waals surface area contributed by atoms with Gasteiger partial charge in [0, 0.05) is 18.7 Å². The standard InChI is InChI=1S/C14H18F3N3O/c1-4-11(21)20-7-5-6-13(20,3)12-18-9(2)8-10(19-12)14(15,16)17/h8H,4-7H2,1-3H3/t13-/m1/s1. The molecule has 0 radical (unpaired) electrons. The maximum absolute atomic E-state index is 12.9. The number of amides is 1. The molecule has 1 aromatic heterocycles. The molecule has 1 amide bonds. The minimum absolute atomic E-state index is 0.0779. The topological polar surface area (TPSA) is 46.1 Å². The van der Waals surface area contributed by atoms with E-state index in [1.165, 1.54) is 6.92 Å². The highest BCUT2D eigenvalue weighted by molar-refractivity contribution is 5.77. The highest BCUT2D eigenvalue weighted by Crippen LogP contribution is 2.38. The Hall–Kier alpha value is -1.66. The average molecular weight is 301 g/mol. The first kappa shape index (κ1) is 15.7. The van der Waals surface area contributed by atoms with Crippen LogP contribution >= 0.6 is 0 Å².